The molecule has 0 saturated heterocycles. The zero-order valence-corrected chi connectivity index (χ0v) is 14.8. The van der Waals surface area contributed by atoms with E-state index in [1.165, 1.54) is 0 Å². The fourth-order valence-electron chi connectivity index (χ4n) is 2.97. The molecule has 3 aromatic rings. The van der Waals surface area contributed by atoms with Crippen LogP contribution in [0.4, 0.5) is 0 Å². The summed E-state index contributed by atoms with van der Waals surface area (Å²) in [5, 5.41) is 11.2. The molecule has 1 heterocycles. The molecular weight excluding hydrogens is 314 g/mol. The molecule has 4 nitrogen and oxygen atoms in total. The van der Waals surface area contributed by atoms with Crippen LogP contribution in [0.2, 0.25) is 0 Å². The molecule has 1 aromatic heterocycles. The van der Waals surface area contributed by atoms with Gasteiger partial charge in [-0.25, -0.2) is 0 Å². The summed E-state index contributed by atoms with van der Waals surface area (Å²) in [6.45, 7) is 4.38. The molecule has 0 spiro atoms. The molecule has 3 rings (SSSR count). The maximum Gasteiger partial charge on any atom is 0.289 e. The maximum atomic E-state index is 12.7. The first-order valence-corrected chi connectivity index (χ1v) is 8.45. The van der Waals surface area contributed by atoms with E-state index in [-0.39, 0.29) is 5.91 Å². The van der Waals surface area contributed by atoms with Crippen molar-refractivity contribution in [1.82, 2.24) is 4.90 Å². The summed E-state index contributed by atoms with van der Waals surface area (Å²) < 4.78 is 5.77. The monoisotopic (exact) mass is 337 g/mol. The zero-order chi connectivity index (χ0) is 18.0. The number of hydrogen-bond donors (Lipinski definition) is 1. The summed E-state index contributed by atoms with van der Waals surface area (Å²) in [4.78, 5) is 14.3. The van der Waals surface area contributed by atoms with Crippen molar-refractivity contribution in [2.45, 2.75) is 26.4 Å². The van der Waals surface area contributed by atoms with Crippen LogP contribution in [0.25, 0.3) is 11.0 Å². The second-order valence-corrected chi connectivity index (χ2v) is 6.50. The third kappa shape index (κ3) is 3.59. The number of hydrogen-bond acceptors (Lipinski definition) is 3. The molecule has 0 unspecified atom stereocenters. The Morgan fingerprint density at radius 1 is 1.16 bits per heavy atom. The quantitative estimate of drug-likeness (QED) is 0.757. The number of carbonyl (C=O) groups is 1. The lowest BCUT2D eigenvalue weighted by Crippen LogP contribution is -2.28. The number of aliphatic hydroxyl groups is 1. The fourth-order valence-corrected chi connectivity index (χ4v) is 2.97. The molecular formula is C21H23NO3. The van der Waals surface area contributed by atoms with Gasteiger partial charge < -0.3 is 14.4 Å². The van der Waals surface area contributed by atoms with Crippen LogP contribution < -0.4 is 0 Å². The van der Waals surface area contributed by atoms with Crippen LogP contribution in [0.15, 0.2) is 52.9 Å². The number of aryl methyl sites for hydroxylation is 2. The Morgan fingerprint density at radius 3 is 2.60 bits per heavy atom. The average Bonchev–Trinajstić information content (AvgIpc) is 2.95. The largest absolute Gasteiger partial charge is 0.451 e. The molecule has 0 aliphatic heterocycles. The van der Waals surface area contributed by atoms with Crippen molar-refractivity contribution in [3.8, 4) is 0 Å². The highest BCUT2D eigenvalue weighted by Crippen LogP contribution is 2.27. The molecule has 1 amide bonds. The van der Waals surface area contributed by atoms with Crippen molar-refractivity contribution in [3.63, 3.8) is 0 Å². The molecule has 2 aromatic carbocycles. The Kier molecular flexibility index (Phi) is 4.91. The summed E-state index contributed by atoms with van der Waals surface area (Å²) in [5.74, 6) is 0.212. The van der Waals surface area contributed by atoms with Gasteiger partial charge in [0.05, 0.1) is 6.10 Å². The molecule has 0 aliphatic carbocycles. The summed E-state index contributed by atoms with van der Waals surface area (Å²) >= 11 is 0. The highest BCUT2D eigenvalue weighted by Gasteiger charge is 2.21. The molecule has 0 bridgehead atoms. The van der Waals surface area contributed by atoms with Gasteiger partial charge in [0, 0.05) is 24.5 Å². The van der Waals surface area contributed by atoms with Crippen molar-refractivity contribution in [2.24, 2.45) is 0 Å². The molecule has 0 saturated carbocycles. The Hall–Kier alpha value is -2.59. The lowest BCUT2D eigenvalue weighted by atomic mass is 10.1. The molecule has 0 fully saturated rings. The van der Waals surface area contributed by atoms with E-state index in [4.69, 9.17) is 4.42 Å². The maximum absolute atomic E-state index is 12.7. The molecule has 25 heavy (non-hydrogen) atoms. The standard InChI is InChI=1S/C21H23NO3/c1-14-9-10-19-17(13-14)15(2)20(25-19)21(24)22(3)12-11-18(23)16-7-5-4-6-8-16/h4-10,13,18,23H,11-12H2,1-3H3/t18-/m0/s1. The van der Waals surface area contributed by atoms with Crippen molar-refractivity contribution in [3.05, 3.63) is 71.0 Å². The van der Waals surface area contributed by atoms with Gasteiger partial charge in [0.15, 0.2) is 5.76 Å². The normalized spacial score (nSPS) is 12.3. The summed E-state index contributed by atoms with van der Waals surface area (Å²) in [6, 6.07) is 15.4. The summed E-state index contributed by atoms with van der Waals surface area (Å²) in [6.07, 6.45) is -0.110. The van der Waals surface area contributed by atoms with Crippen molar-refractivity contribution < 1.29 is 14.3 Å². The van der Waals surface area contributed by atoms with Crippen molar-refractivity contribution in [1.29, 1.82) is 0 Å². The van der Waals surface area contributed by atoms with Gasteiger partial charge >= 0.3 is 0 Å². The van der Waals surface area contributed by atoms with Gasteiger partial charge in [0.1, 0.15) is 5.58 Å². The van der Waals surface area contributed by atoms with Crippen LogP contribution in [0.3, 0.4) is 0 Å². The first-order chi connectivity index (χ1) is 12.0. The number of carbonyl (C=O) groups excluding carboxylic acids is 1. The van der Waals surface area contributed by atoms with E-state index >= 15 is 0 Å². The average molecular weight is 337 g/mol. The Morgan fingerprint density at radius 2 is 1.88 bits per heavy atom. The van der Waals surface area contributed by atoms with Gasteiger partial charge in [-0.15, -0.1) is 0 Å². The second kappa shape index (κ2) is 7.11. The number of benzene rings is 2. The lowest BCUT2D eigenvalue weighted by molar-refractivity contribution is 0.0731. The van der Waals surface area contributed by atoms with Crippen LogP contribution >= 0.6 is 0 Å². The number of nitrogens with zero attached hydrogens (tertiary/aromatic N) is 1. The van der Waals surface area contributed by atoms with E-state index in [1.807, 2.05) is 62.4 Å². The Balaban J connectivity index is 1.71. The van der Waals surface area contributed by atoms with Crippen LogP contribution in [-0.2, 0) is 0 Å². The highest BCUT2D eigenvalue weighted by atomic mass is 16.3. The second-order valence-electron chi connectivity index (χ2n) is 6.50. The molecule has 1 N–H and O–H groups in total. The predicted octanol–water partition coefficient (Wildman–Crippen LogP) is 4.25. The Bertz CT molecular complexity index is 883. The van der Waals surface area contributed by atoms with Gasteiger partial charge in [-0.05, 0) is 38.0 Å². The topological polar surface area (TPSA) is 53.7 Å². The van der Waals surface area contributed by atoms with E-state index in [2.05, 4.69) is 0 Å². The SMILES string of the molecule is Cc1ccc2oc(C(=O)N(C)CC[C@H](O)c3ccccc3)c(C)c2c1. The molecule has 1 atom stereocenters. The van der Waals surface area contributed by atoms with E-state index in [1.54, 1.807) is 11.9 Å². The minimum Gasteiger partial charge on any atom is -0.451 e. The van der Waals surface area contributed by atoms with Gasteiger partial charge in [0.25, 0.3) is 5.91 Å². The lowest BCUT2D eigenvalue weighted by Gasteiger charge is -2.18. The predicted molar refractivity (Wildman–Crippen MR) is 98.7 cm³/mol. The van der Waals surface area contributed by atoms with Gasteiger partial charge in [-0.2, -0.15) is 0 Å². The van der Waals surface area contributed by atoms with Crippen LogP contribution in [0.5, 0.6) is 0 Å². The Labute approximate surface area is 147 Å². The molecule has 130 valence electrons. The molecule has 0 aliphatic rings. The van der Waals surface area contributed by atoms with Crippen LogP contribution in [0, 0.1) is 13.8 Å². The van der Waals surface area contributed by atoms with E-state index in [0.717, 1.165) is 27.7 Å². The first kappa shape index (κ1) is 17.2. The van der Waals surface area contributed by atoms with E-state index < -0.39 is 6.10 Å². The number of aliphatic hydroxyl groups excluding tert-OH is 1. The summed E-state index contributed by atoms with van der Waals surface area (Å²) in [7, 11) is 1.73. The first-order valence-electron chi connectivity index (χ1n) is 8.45. The van der Waals surface area contributed by atoms with Gasteiger partial charge in [-0.3, -0.25) is 4.79 Å². The summed E-state index contributed by atoms with van der Waals surface area (Å²) in [5.41, 5.74) is 3.58. The third-order valence-corrected chi connectivity index (χ3v) is 4.55. The highest BCUT2D eigenvalue weighted by molar-refractivity contribution is 5.98. The minimum atomic E-state index is -0.587. The van der Waals surface area contributed by atoms with Crippen molar-refractivity contribution >= 4 is 16.9 Å². The van der Waals surface area contributed by atoms with Gasteiger partial charge in [0.2, 0.25) is 0 Å². The van der Waals surface area contributed by atoms with Crippen LogP contribution in [0.1, 0.15) is 39.8 Å². The number of furan rings is 1. The van der Waals surface area contributed by atoms with Crippen LogP contribution in [-0.4, -0.2) is 29.5 Å². The fraction of sp³-hybridized carbons (Fsp3) is 0.286. The zero-order valence-electron chi connectivity index (χ0n) is 14.8. The number of fused-ring (bicyclic) bond motifs is 1. The van der Waals surface area contributed by atoms with Gasteiger partial charge in [-0.1, -0.05) is 42.0 Å². The van der Waals surface area contributed by atoms with E-state index in [9.17, 15) is 9.90 Å². The molecule has 4 heteroatoms. The van der Waals surface area contributed by atoms with E-state index in [0.29, 0.717) is 18.7 Å². The number of amides is 1. The third-order valence-electron chi connectivity index (χ3n) is 4.55. The van der Waals surface area contributed by atoms with Crippen molar-refractivity contribution in [2.75, 3.05) is 13.6 Å². The smallest absolute Gasteiger partial charge is 0.289 e. The molecule has 0 radical (unpaired) electrons. The number of rotatable bonds is 5. The minimum absolute atomic E-state index is 0.161.